The van der Waals surface area contributed by atoms with Gasteiger partial charge < -0.3 is 15.4 Å². The Morgan fingerprint density at radius 1 is 1.38 bits per heavy atom. The summed E-state index contributed by atoms with van der Waals surface area (Å²) < 4.78 is 5.67. The number of carbonyl (C=O) groups is 1. The Morgan fingerprint density at radius 2 is 2.10 bits per heavy atom. The molecule has 21 heavy (non-hydrogen) atoms. The van der Waals surface area contributed by atoms with Gasteiger partial charge in [-0.05, 0) is 24.8 Å². The molecule has 2 N–H and O–H groups in total. The molecule has 1 amide bonds. The van der Waals surface area contributed by atoms with Gasteiger partial charge in [0.05, 0.1) is 12.5 Å². The third kappa shape index (κ3) is 4.79. The van der Waals surface area contributed by atoms with Crippen molar-refractivity contribution < 1.29 is 9.53 Å². The zero-order chi connectivity index (χ0) is 15.2. The van der Waals surface area contributed by atoms with E-state index in [2.05, 4.69) is 0 Å². The maximum absolute atomic E-state index is 12.2. The normalized spacial score (nSPS) is 18.2. The van der Waals surface area contributed by atoms with Crippen LogP contribution in [0.25, 0.3) is 0 Å². The van der Waals surface area contributed by atoms with E-state index in [-0.39, 0.29) is 12.0 Å². The van der Waals surface area contributed by atoms with Gasteiger partial charge in [0.2, 0.25) is 5.91 Å². The Balaban J connectivity index is 1.86. The van der Waals surface area contributed by atoms with Gasteiger partial charge in [0.25, 0.3) is 0 Å². The second-order valence-electron chi connectivity index (χ2n) is 5.50. The number of nitrogens with zero attached hydrogens (tertiary/aromatic N) is 1. The van der Waals surface area contributed by atoms with E-state index < -0.39 is 0 Å². The summed E-state index contributed by atoms with van der Waals surface area (Å²) >= 11 is 4.91. The lowest BCUT2D eigenvalue weighted by atomic mass is 10.1. The third-order valence-electron chi connectivity index (χ3n) is 3.77. The van der Waals surface area contributed by atoms with E-state index in [4.69, 9.17) is 22.7 Å². The highest BCUT2D eigenvalue weighted by Crippen LogP contribution is 2.14. The summed E-state index contributed by atoms with van der Waals surface area (Å²) in [7, 11) is 1.84. The molecule has 5 heteroatoms. The lowest BCUT2D eigenvalue weighted by molar-refractivity contribution is -0.131. The number of rotatable bonds is 5. The fourth-order valence-electron chi connectivity index (χ4n) is 2.46. The van der Waals surface area contributed by atoms with E-state index in [0.717, 1.165) is 30.6 Å². The van der Waals surface area contributed by atoms with Crippen LogP contribution in [0.1, 0.15) is 30.4 Å². The molecule has 1 unspecified atom stereocenters. The van der Waals surface area contributed by atoms with Crippen LogP contribution in [0.2, 0.25) is 0 Å². The Kier molecular flexibility index (Phi) is 5.70. The number of hydrogen-bond acceptors (Lipinski definition) is 3. The Labute approximate surface area is 131 Å². The van der Waals surface area contributed by atoms with Crippen molar-refractivity contribution in [2.24, 2.45) is 5.73 Å². The smallest absolute Gasteiger partial charge is 0.226 e. The zero-order valence-corrected chi connectivity index (χ0v) is 13.2. The first-order valence-electron chi connectivity index (χ1n) is 7.30. The van der Waals surface area contributed by atoms with Crippen LogP contribution >= 0.6 is 12.2 Å². The molecule has 0 bridgehead atoms. The topological polar surface area (TPSA) is 55.6 Å². The third-order valence-corrected chi connectivity index (χ3v) is 4.01. The molecule has 1 aromatic rings. The molecule has 2 rings (SSSR count). The van der Waals surface area contributed by atoms with Gasteiger partial charge in [-0.25, -0.2) is 0 Å². The van der Waals surface area contributed by atoms with Crippen LogP contribution < -0.4 is 5.73 Å². The lowest BCUT2D eigenvalue weighted by Crippen LogP contribution is -2.37. The van der Waals surface area contributed by atoms with E-state index in [0.29, 0.717) is 18.0 Å². The van der Waals surface area contributed by atoms with Crippen LogP contribution in [0.3, 0.4) is 0 Å². The summed E-state index contributed by atoms with van der Waals surface area (Å²) in [4.78, 5) is 14.4. The minimum absolute atomic E-state index is 0.104. The molecule has 1 aliphatic heterocycles. The molecule has 1 heterocycles. The van der Waals surface area contributed by atoms with Crippen LogP contribution in [0, 0.1) is 0 Å². The predicted molar refractivity (Wildman–Crippen MR) is 87.3 cm³/mol. The number of ether oxygens (including phenoxy) is 1. The first-order chi connectivity index (χ1) is 10.1. The molecule has 0 saturated carbocycles. The molecule has 1 saturated heterocycles. The average molecular weight is 306 g/mol. The van der Waals surface area contributed by atoms with Crippen molar-refractivity contribution in [3.05, 3.63) is 35.4 Å². The minimum atomic E-state index is 0.104. The molecule has 1 atom stereocenters. The van der Waals surface area contributed by atoms with Crippen LogP contribution in [0.5, 0.6) is 0 Å². The van der Waals surface area contributed by atoms with Gasteiger partial charge in [0, 0.05) is 25.8 Å². The average Bonchev–Trinajstić information content (AvgIpc) is 2.48. The van der Waals surface area contributed by atoms with Crippen molar-refractivity contribution >= 4 is 23.1 Å². The standard InChI is InChI=1S/C16H22N2O2S/c1-18(11-14-4-2-3-9-20-14)15(19)10-12-5-7-13(8-6-12)16(17)21/h5-8,14H,2-4,9-11H2,1H3,(H2,17,21). The SMILES string of the molecule is CN(CC1CCCCO1)C(=O)Cc1ccc(C(N)=S)cc1. The van der Waals surface area contributed by atoms with Gasteiger partial charge in [0.15, 0.2) is 0 Å². The van der Waals surface area contributed by atoms with E-state index >= 15 is 0 Å². The molecule has 0 aromatic heterocycles. The number of likely N-dealkylation sites (N-methyl/N-ethyl adjacent to an activating group) is 1. The van der Waals surface area contributed by atoms with Gasteiger partial charge in [0.1, 0.15) is 4.99 Å². The van der Waals surface area contributed by atoms with Crippen molar-refractivity contribution in [1.29, 1.82) is 0 Å². The second-order valence-corrected chi connectivity index (χ2v) is 5.94. The number of nitrogens with two attached hydrogens (primary N) is 1. The molecular weight excluding hydrogens is 284 g/mol. The summed E-state index contributed by atoms with van der Waals surface area (Å²) in [6.07, 6.45) is 3.93. The second kappa shape index (κ2) is 7.52. The molecule has 114 valence electrons. The van der Waals surface area contributed by atoms with Gasteiger partial charge in [-0.15, -0.1) is 0 Å². The van der Waals surface area contributed by atoms with Crippen LogP contribution in [0.15, 0.2) is 24.3 Å². The Hall–Kier alpha value is -1.46. The number of hydrogen-bond donors (Lipinski definition) is 1. The monoisotopic (exact) mass is 306 g/mol. The highest BCUT2D eigenvalue weighted by atomic mass is 32.1. The van der Waals surface area contributed by atoms with Crippen molar-refractivity contribution in [3.8, 4) is 0 Å². The van der Waals surface area contributed by atoms with Crippen molar-refractivity contribution in [1.82, 2.24) is 4.90 Å². The maximum Gasteiger partial charge on any atom is 0.226 e. The molecule has 4 nitrogen and oxygen atoms in total. The predicted octanol–water partition coefficient (Wildman–Crippen LogP) is 1.89. The molecule has 0 radical (unpaired) electrons. The molecule has 1 fully saturated rings. The molecule has 1 aromatic carbocycles. The van der Waals surface area contributed by atoms with Crippen molar-refractivity contribution in [2.45, 2.75) is 31.8 Å². The van der Waals surface area contributed by atoms with Gasteiger partial charge >= 0.3 is 0 Å². The zero-order valence-electron chi connectivity index (χ0n) is 12.4. The quantitative estimate of drug-likeness (QED) is 0.844. The summed E-state index contributed by atoms with van der Waals surface area (Å²) in [5, 5.41) is 0. The van der Waals surface area contributed by atoms with E-state index in [9.17, 15) is 4.79 Å². The van der Waals surface area contributed by atoms with E-state index in [1.807, 2.05) is 31.3 Å². The summed E-state index contributed by atoms with van der Waals surface area (Å²) in [6, 6.07) is 7.51. The number of benzene rings is 1. The summed E-state index contributed by atoms with van der Waals surface area (Å²) in [5.41, 5.74) is 7.35. The van der Waals surface area contributed by atoms with Gasteiger partial charge in [-0.1, -0.05) is 36.5 Å². The molecule has 0 spiro atoms. The molecule has 0 aliphatic carbocycles. The number of carbonyl (C=O) groups excluding carboxylic acids is 1. The van der Waals surface area contributed by atoms with Crippen molar-refractivity contribution in [2.75, 3.05) is 20.2 Å². The van der Waals surface area contributed by atoms with E-state index in [1.165, 1.54) is 6.42 Å². The lowest BCUT2D eigenvalue weighted by Gasteiger charge is -2.27. The first-order valence-corrected chi connectivity index (χ1v) is 7.71. The van der Waals surface area contributed by atoms with Gasteiger partial charge in [-0.2, -0.15) is 0 Å². The summed E-state index contributed by atoms with van der Waals surface area (Å²) in [6.45, 7) is 1.48. The minimum Gasteiger partial charge on any atom is -0.389 e. The number of thiocarbonyl (C=S) groups is 1. The summed E-state index contributed by atoms with van der Waals surface area (Å²) in [5.74, 6) is 0.104. The number of amides is 1. The largest absolute Gasteiger partial charge is 0.389 e. The molecule has 1 aliphatic rings. The molecular formula is C16H22N2O2S. The van der Waals surface area contributed by atoms with Crippen LogP contribution in [-0.2, 0) is 16.0 Å². The van der Waals surface area contributed by atoms with Crippen molar-refractivity contribution in [3.63, 3.8) is 0 Å². The fourth-order valence-corrected chi connectivity index (χ4v) is 2.59. The van der Waals surface area contributed by atoms with Gasteiger partial charge in [-0.3, -0.25) is 4.79 Å². The van der Waals surface area contributed by atoms with Crippen LogP contribution in [-0.4, -0.2) is 42.1 Å². The first kappa shape index (κ1) is 15.9. The Bertz CT molecular complexity index is 496. The van der Waals surface area contributed by atoms with E-state index in [1.54, 1.807) is 4.90 Å². The Morgan fingerprint density at radius 3 is 2.67 bits per heavy atom. The maximum atomic E-state index is 12.2. The highest BCUT2D eigenvalue weighted by molar-refractivity contribution is 7.80. The fraction of sp³-hybridized carbons (Fsp3) is 0.500. The van der Waals surface area contributed by atoms with Crippen LogP contribution in [0.4, 0.5) is 0 Å². The highest BCUT2D eigenvalue weighted by Gasteiger charge is 2.18.